The van der Waals surface area contributed by atoms with Crippen molar-refractivity contribution in [1.82, 2.24) is 0 Å². The zero-order chi connectivity index (χ0) is 44.9. The lowest BCUT2D eigenvalue weighted by Gasteiger charge is -2.25. The summed E-state index contributed by atoms with van der Waals surface area (Å²) in [6, 6.07) is 0. The van der Waals surface area contributed by atoms with Gasteiger partial charge in [0.1, 0.15) is 13.2 Å². The van der Waals surface area contributed by atoms with Gasteiger partial charge in [0.2, 0.25) is 0 Å². The van der Waals surface area contributed by atoms with Gasteiger partial charge in [0, 0.05) is 12.8 Å². The third-order valence-corrected chi connectivity index (χ3v) is 10.6. The number of carboxylic acid groups (broad SMARTS) is 1. The molecule has 0 saturated carbocycles. The van der Waals surface area contributed by atoms with E-state index in [1.165, 1.54) is 103 Å². The zero-order valence-electron chi connectivity index (χ0n) is 40.1. The molecule has 1 N–H and O–H groups in total. The molecule has 0 aliphatic rings. The second kappa shape index (κ2) is 43.9. The van der Waals surface area contributed by atoms with E-state index >= 15 is 0 Å². The Balaban J connectivity index is 4.35. The molecule has 0 spiro atoms. The minimum absolute atomic E-state index is 0.183. The predicted molar refractivity (Wildman–Crippen MR) is 253 cm³/mol. The summed E-state index contributed by atoms with van der Waals surface area (Å²) in [5, 5.41) is 9.65. The molecule has 61 heavy (non-hydrogen) atoms. The Bertz CT molecular complexity index is 1140. The van der Waals surface area contributed by atoms with Crippen LogP contribution in [0.2, 0.25) is 0 Å². The maximum absolute atomic E-state index is 12.8. The van der Waals surface area contributed by atoms with E-state index < -0.39 is 24.3 Å². The molecular weight excluding hydrogens is 767 g/mol. The molecule has 0 fully saturated rings. The van der Waals surface area contributed by atoms with E-state index in [2.05, 4.69) is 62.5 Å². The number of hydrogen-bond acceptors (Lipinski definition) is 7. The summed E-state index contributed by atoms with van der Waals surface area (Å²) in [7, 11) is 5.95. The Labute approximate surface area is 374 Å². The van der Waals surface area contributed by atoms with Crippen molar-refractivity contribution in [2.75, 3.05) is 47.5 Å². The fraction of sp³-hybridized carbons (Fsp3) is 0.788. The molecule has 0 saturated heterocycles. The molecule has 2 unspecified atom stereocenters. The van der Waals surface area contributed by atoms with Crippen molar-refractivity contribution in [1.29, 1.82) is 0 Å². The van der Waals surface area contributed by atoms with Crippen LogP contribution in [0.5, 0.6) is 0 Å². The number of carbonyl (C=O) groups excluding carboxylic acids is 2. The summed E-state index contributed by atoms with van der Waals surface area (Å²) < 4.78 is 22.8. The average Bonchev–Trinajstić information content (AvgIpc) is 3.22. The highest BCUT2D eigenvalue weighted by Gasteiger charge is 2.25. The van der Waals surface area contributed by atoms with Gasteiger partial charge in [0.05, 0.1) is 34.4 Å². The Morgan fingerprint density at radius 2 is 0.934 bits per heavy atom. The number of carboxylic acids is 1. The summed E-state index contributed by atoms with van der Waals surface area (Å²) in [5.74, 6) is -2.03. The van der Waals surface area contributed by atoms with Crippen molar-refractivity contribution < 1.29 is 42.9 Å². The number of hydrogen-bond donors (Lipinski definition) is 1. The Kier molecular flexibility index (Phi) is 41.9. The van der Waals surface area contributed by atoms with Gasteiger partial charge in [-0.3, -0.25) is 9.59 Å². The number of quaternary nitrogens is 1. The maximum atomic E-state index is 12.8. The molecule has 0 heterocycles. The lowest BCUT2D eigenvalue weighted by Crippen LogP contribution is -2.40. The highest BCUT2D eigenvalue weighted by Crippen LogP contribution is 2.15. The summed E-state index contributed by atoms with van der Waals surface area (Å²) >= 11 is 0. The number of ether oxygens (including phenoxy) is 4. The van der Waals surface area contributed by atoms with Crippen LogP contribution < -0.4 is 0 Å². The van der Waals surface area contributed by atoms with E-state index in [1.807, 2.05) is 21.1 Å². The molecule has 0 aromatic carbocycles. The average molecular weight is 861 g/mol. The molecule has 0 aromatic heterocycles. The van der Waals surface area contributed by atoms with E-state index in [0.29, 0.717) is 23.9 Å². The third kappa shape index (κ3) is 45.1. The van der Waals surface area contributed by atoms with Crippen LogP contribution >= 0.6 is 0 Å². The monoisotopic (exact) mass is 861 g/mol. The number of carbonyl (C=O) groups is 3. The number of allylic oxidation sites excluding steroid dienone is 8. The van der Waals surface area contributed by atoms with Gasteiger partial charge in [0.25, 0.3) is 6.29 Å². The van der Waals surface area contributed by atoms with Gasteiger partial charge in [-0.1, -0.05) is 172 Å². The minimum atomic E-state index is -1.51. The molecule has 0 rings (SSSR count). The summed E-state index contributed by atoms with van der Waals surface area (Å²) in [6.07, 6.45) is 48.9. The minimum Gasteiger partial charge on any atom is -0.477 e. The van der Waals surface area contributed by atoms with Crippen LogP contribution in [0.3, 0.4) is 0 Å². The molecular formula is C52H94NO8+. The van der Waals surface area contributed by atoms with Gasteiger partial charge in [-0.05, 0) is 70.6 Å². The quantitative estimate of drug-likeness (QED) is 0.0212. The number of esters is 2. The van der Waals surface area contributed by atoms with E-state index in [0.717, 1.165) is 70.6 Å². The molecule has 0 bridgehead atoms. The zero-order valence-corrected chi connectivity index (χ0v) is 40.1. The van der Waals surface area contributed by atoms with Crippen molar-refractivity contribution in [3.63, 3.8) is 0 Å². The van der Waals surface area contributed by atoms with Crippen molar-refractivity contribution in [3.05, 3.63) is 48.6 Å². The first-order valence-electron chi connectivity index (χ1n) is 24.8. The van der Waals surface area contributed by atoms with Crippen LogP contribution in [-0.2, 0) is 33.3 Å². The highest BCUT2D eigenvalue weighted by atomic mass is 16.7. The normalized spacial score (nSPS) is 13.3. The van der Waals surface area contributed by atoms with Crippen LogP contribution in [0.15, 0.2) is 48.6 Å². The van der Waals surface area contributed by atoms with Crippen molar-refractivity contribution in [2.45, 2.75) is 219 Å². The molecule has 0 aliphatic carbocycles. The third-order valence-electron chi connectivity index (χ3n) is 10.6. The molecule has 354 valence electrons. The van der Waals surface area contributed by atoms with Crippen LogP contribution in [0.1, 0.15) is 206 Å². The summed E-state index contributed by atoms with van der Waals surface area (Å²) in [6.45, 7) is 4.74. The van der Waals surface area contributed by atoms with E-state index in [-0.39, 0.29) is 32.2 Å². The second-order valence-electron chi connectivity index (χ2n) is 17.7. The van der Waals surface area contributed by atoms with E-state index in [4.69, 9.17) is 18.9 Å². The molecule has 0 aliphatic heterocycles. The Hall–Kier alpha value is -2.75. The highest BCUT2D eigenvalue weighted by molar-refractivity contribution is 5.71. The number of aliphatic carboxylic acids is 1. The van der Waals surface area contributed by atoms with Crippen LogP contribution in [0.4, 0.5) is 0 Å². The first-order valence-corrected chi connectivity index (χ1v) is 24.8. The summed E-state index contributed by atoms with van der Waals surface area (Å²) in [5.41, 5.74) is 0. The maximum Gasteiger partial charge on any atom is 0.361 e. The number of nitrogens with zero attached hydrogens (tertiary/aromatic N) is 1. The van der Waals surface area contributed by atoms with Gasteiger partial charge in [0.15, 0.2) is 6.10 Å². The van der Waals surface area contributed by atoms with Gasteiger partial charge in [-0.2, -0.15) is 0 Å². The standard InChI is InChI=1S/C52H93NO8/c1-6-8-10-12-14-16-18-20-22-23-24-25-26-27-29-30-32-34-36-38-40-42-49(54)59-46-48(47-60-52(51(56)57)58-45-44-53(3,4)5)61-50(55)43-41-39-37-35-33-31-28-21-19-17-15-13-11-9-7-2/h9,11,15,17,21,23-24,28,48,52H,6-8,10,12-14,16,18-20,22,25-27,29-47H2,1-5H3/p+1/b11-9-,17-15-,24-23-,28-21-. The first-order chi connectivity index (χ1) is 29.6. The van der Waals surface area contributed by atoms with Gasteiger partial charge in [-0.15, -0.1) is 0 Å². The SMILES string of the molecule is CC/C=C\C/C=C\C/C=C\CCCCCCCC(=O)OC(COC(=O)CCCCCCCCCCC/C=C\CCCCCCCCCC)COC(OCC[N+](C)(C)C)C(=O)O. The lowest BCUT2D eigenvalue weighted by molar-refractivity contribution is -0.870. The summed E-state index contributed by atoms with van der Waals surface area (Å²) in [4.78, 5) is 37.2. The largest absolute Gasteiger partial charge is 0.477 e. The van der Waals surface area contributed by atoms with E-state index in [9.17, 15) is 19.5 Å². The molecule has 9 nitrogen and oxygen atoms in total. The molecule has 0 amide bonds. The number of likely N-dealkylation sites (N-methyl/N-ethyl adjacent to an activating group) is 1. The molecule has 2 atom stereocenters. The van der Waals surface area contributed by atoms with Gasteiger partial charge in [-0.25, -0.2) is 4.79 Å². The number of unbranched alkanes of at least 4 members (excludes halogenated alkanes) is 22. The second-order valence-corrected chi connectivity index (χ2v) is 17.7. The van der Waals surface area contributed by atoms with Crippen LogP contribution in [0.25, 0.3) is 0 Å². The van der Waals surface area contributed by atoms with Gasteiger partial charge >= 0.3 is 17.9 Å². The molecule has 0 radical (unpaired) electrons. The predicted octanol–water partition coefficient (Wildman–Crippen LogP) is 13.6. The molecule has 0 aromatic rings. The fourth-order valence-corrected chi connectivity index (χ4v) is 6.73. The first kappa shape index (κ1) is 58.2. The van der Waals surface area contributed by atoms with E-state index in [1.54, 1.807) is 0 Å². The topological polar surface area (TPSA) is 108 Å². The van der Waals surface area contributed by atoms with Gasteiger partial charge < -0.3 is 28.5 Å². The van der Waals surface area contributed by atoms with Crippen molar-refractivity contribution >= 4 is 17.9 Å². The smallest absolute Gasteiger partial charge is 0.361 e. The lowest BCUT2D eigenvalue weighted by atomic mass is 10.1. The van der Waals surface area contributed by atoms with Crippen LogP contribution in [-0.4, -0.2) is 87.4 Å². The molecule has 9 heteroatoms. The Morgan fingerprint density at radius 3 is 1.41 bits per heavy atom. The Morgan fingerprint density at radius 1 is 0.508 bits per heavy atom. The fourth-order valence-electron chi connectivity index (χ4n) is 6.73. The van der Waals surface area contributed by atoms with Crippen LogP contribution in [0, 0.1) is 0 Å². The van der Waals surface area contributed by atoms with Crippen molar-refractivity contribution in [3.8, 4) is 0 Å². The number of rotatable bonds is 45. The van der Waals surface area contributed by atoms with Crippen molar-refractivity contribution in [2.24, 2.45) is 0 Å².